The third kappa shape index (κ3) is 2.25. The first-order valence-electron chi connectivity index (χ1n) is 5.69. The van der Waals surface area contributed by atoms with Crippen molar-refractivity contribution >= 4 is 16.0 Å². The van der Waals surface area contributed by atoms with E-state index in [1.807, 2.05) is 0 Å². The molecule has 1 aromatic heterocycles. The zero-order valence-corrected chi connectivity index (χ0v) is 10.8. The summed E-state index contributed by atoms with van der Waals surface area (Å²) in [4.78, 5) is 17.6. The molecule has 0 spiro atoms. The van der Waals surface area contributed by atoms with Crippen molar-refractivity contribution < 1.29 is 18.3 Å². The van der Waals surface area contributed by atoms with Crippen molar-refractivity contribution in [1.82, 2.24) is 14.3 Å². The Morgan fingerprint density at radius 3 is 2.83 bits per heavy atom. The van der Waals surface area contributed by atoms with E-state index >= 15 is 0 Å². The summed E-state index contributed by atoms with van der Waals surface area (Å²) < 4.78 is 25.7. The molecule has 0 aliphatic carbocycles. The first kappa shape index (κ1) is 13.0. The van der Waals surface area contributed by atoms with Crippen molar-refractivity contribution in [2.75, 3.05) is 6.54 Å². The number of aromatic nitrogens is 2. The molecule has 2 rings (SSSR count). The lowest BCUT2D eigenvalue weighted by atomic mass is 10.1. The fourth-order valence-electron chi connectivity index (χ4n) is 2.10. The fraction of sp³-hybridized carbons (Fsp3) is 0.600. The molecule has 1 aromatic rings. The molecule has 0 unspecified atom stereocenters. The van der Waals surface area contributed by atoms with Gasteiger partial charge in [0.25, 0.3) is 10.0 Å². The molecule has 1 aliphatic heterocycles. The van der Waals surface area contributed by atoms with E-state index in [2.05, 4.69) is 9.97 Å². The van der Waals surface area contributed by atoms with E-state index in [9.17, 15) is 13.2 Å². The first-order valence-corrected chi connectivity index (χ1v) is 7.13. The molecule has 2 heterocycles. The van der Waals surface area contributed by atoms with Crippen LogP contribution in [-0.2, 0) is 14.8 Å². The number of nitrogens with one attached hydrogen (secondary N) is 1. The topological polar surface area (TPSA) is 103 Å². The number of nitrogens with zero attached hydrogens (tertiary/aromatic N) is 2. The van der Waals surface area contributed by atoms with Crippen molar-refractivity contribution in [2.45, 2.75) is 37.3 Å². The molecular weight excluding hydrogens is 258 g/mol. The highest BCUT2D eigenvalue weighted by atomic mass is 32.2. The van der Waals surface area contributed by atoms with Gasteiger partial charge in [0.15, 0.2) is 5.03 Å². The molecule has 8 heteroatoms. The largest absolute Gasteiger partial charge is 0.480 e. The summed E-state index contributed by atoms with van der Waals surface area (Å²) >= 11 is 0. The summed E-state index contributed by atoms with van der Waals surface area (Å²) in [6.45, 7) is 1.88. The minimum atomic E-state index is -3.80. The van der Waals surface area contributed by atoms with Gasteiger partial charge in [-0.1, -0.05) is 0 Å². The zero-order chi connectivity index (χ0) is 13.3. The standard InChI is InChI=1S/C10H15N3O4S/c1-7-11-6-9(12-7)18(16,17)13-5-3-2-4-8(13)10(14)15/h6,8H,2-5H2,1H3,(H,11,12)(H,14,15)/t8-/m1/s1. The number of hydrogen-bond acceptors (Lipinski definition) is 4. The maximum Gasteiger partial charge on any atom is 0.322 e. The minimum Gasteiger partial charge on any atom is -0.480 e. The SMILES string of the molecule is Cc1ncc(S(=O)(=O)N2CCCC[C@@H]2C(=O)O)[nH]1. The van der Waals surface area contributed by atoms with E-state index in [-0.39, 0.29) is 11.6 Å². The highest BCUT2D eigenvalue weighted by molar-refractivity contribution is 7.89. The number of H-pyrrole nitrogens is 1. The van der Waals surface area contributed by atoms with Gasteiger partial charge in [-0.2, -0.15) is 4.31 Å². The maximum atomic E-state index is 12.3. The summed E-state index contributed by atoms with van der Waals surface area (Å²) in [6.07, 6.45) is 2.97. The first-order chi connectivity index (χ1) is 8.43. The number of piperidine rings is 1. The Labute approximate surface area is 105 Å². The second kappa shape index (κ2) is 4.69. The van der Waals surface area contributed by atoms with Gasteiger partial charge in [0.05, 0.1) is 6.20 Å². The average molecular weight is 273 g/mol. The zero-order valence-electron chi connectivity index (χ0n) is 9.96. The molecule has 0 amide bonds. The van der Waals surface area contributed by atoms with Crippen LogP contribution in [0.15, 0.2) is 11.2 Å². The third-order valence-electron chi connectivity index (χ3n) is 3.00. The predicted molar refractivity (Wildman–Crippen MR) is 62.5 cm³/mol. The Balaban J connectivity index is 2.36. The average Bonchev–Trinajstić information content (AvgIpc) is 2.76. The molecule has 0 saturated carbocycles. The van der Waals surface area contributed by atoms with Crippen LogP contribution in [0.25, 0.3) is 0 Å². The van der Waals surface area contributed by atoms with E-state index in [1.165, 1.54) is 6.20 Å². The number of hydrogen-bond donors (Lipinski definition) is 2. The second-order valence-corrected chi connectivity index (χ2v) is 6.16. The van der Waals surface area contributed by atoms with Crippen LogP contribution in [0.4, 0.5) is 0 Å². The van der Waals surface area contributed by atoms with Crippen LogP contribution >= 0.6 is 0 Å². The predicted octanol–water partition coefficient (Wildman–Crippen LogP) is 0.346. The van der Waals surface area contributed by atoms with Crippen molar-refractivity contribution in [1.29, 1.82) is 0 Å². The molecule has 2 N–H and O–H groups in total. The van der Waals surface area contributed by atoms with Crippen LogP contribution < -0.4 is 0 Å². The molecule has 0 radical (unpaired) electrons. The summed E-state index contributed by atoms with van der Waals surface area (Å²) in [5.41, 5.74) is 0. The van der Waals surface area contributed by atoms with Gasteiger partial charge in [0, 0.05) is 6.54 Å². The van der Waals surface area contributed by atoms with Crippen molar-refractivity contribution in [2.24, 2.45) is 0 Å². The van der Waals surface area contributed by atoms with Crippen LogP contribution in [0.1, 0.15) is 25.1 Å². The molecule has 1 fully saturated rings. The summed E-state index contributed by atoms with van der Waals surface area (Å²) in [5.74, 6) is -0.619. The summed E-state index contributed by atoms with van der Waals surface area (Å²) in [7, 11) is -3.80. The molecule has 18 heavy (non-hydrogen) atoms. The number of aryl methyl sites for hydroxylation is 1. The van der Waals surface area contributed by atoms with E-state index in [4.69, 9.17) is 5.11 Å². The normalized spacial score (nSPS) is 21.9. The van der Waals surface area contributed by atoms with E-state index in [0.29, 0.717) is 18.7 Å². The van der Waals surface area contributed by atoms with Crippen LogP contribution in [0, 0.1) is 6.92 Å². The number of sulfonamides is 1. The smallest absolute Gasteiger partial charge is 0.322 e. The van der Waals surface area contributed by atoms with Gasteiger partial charge in [-0.25, -0.2) is 13.4 Å². The molecule has 0 aromatic carbocycles. The molecular formula is C10H15N3O4S. The number of carboxylic acid groups (broad SMARTS) is 1. The van der Waals surface area contributed by atoms with Gasteiger partial charge in [0.2, 0.25) is 0 Å². The minimum absolute atomic E-state index is 0.0480. The van der Waals surface area contributed by atoms with Crippen molar-refractivity contribution in [3.63, 3.8) is 0 Å². The van der Waals surface area contributed by atoms with Gasteiger partial charge >= 0.3 is 5.97 Å². The highest BCUT2D eigenvalue weighted by Crippen LogP contribution is 2.24. The molecule has 1 saturated heterocycles. The number of carboxylic acids is 1. The van der Waals surface area contributed by atoms with E-state index in [1.54, 1.807) is 6.92 Å². The van der Waals surface area contributed by atoms with Crippen LogP contribution in [0.3, 0.4) is 0 Å². The van der Waals surface area contributed by atoms with Crippen molar-refractivity contribution in [3.05, 3.63) is 12.0 Å². The number of rotatable bonds is 3. The number of aliphatic carboxylic acids is 1. The molecule has 1 aliphatic rings. The Hall–Kier alpha value is -1.41. The van der Waals surface area contributed by atoms with Crippen LogP contribution in [0.5, 0.6) is 0 Å². The van der Waals surface area contributed by atoms with Gasteiger partial charge in [0.1, 0.15) is 11.9 Å². The summed E-state index contributed by atoms with van der Waals surface area (Å²) in [5, 5.41) is 9.04. The van der Waals surface area contributed by atoms with Gasteiger partial charge in [-0.05, 0) is 26.2 Å². The lowest BCUT2D eigenvalue weighted by Gasteiger charge is -2.31. The summed E-state index contributed by atoms with van der Waals surface area (Å²) in [6, 6.07) is -0.979. The molecule has 7 nitrogen and oxygen atoms in total. The lowest BCUT2D eigenvalue weighted by molar-refractivity contribution is -0.142. The Bertz CT molecular complexity index is 551. The Kier molecular flexibility index (Phi) is 3.40. The third-order valence-corrected chi connectivity index (χ3v) is 4.82. The number of aromatic amines is 1. The number of carbonyl (C=O) groups is 1. The second-order valence-electron chi connectivity index (χ2n) is 4.30. The fourth-order valence-corrected chi connectivity index (χ4v) is 3.71. The monoisotopic (exact) mass is 273 g/mol. The quantitative estimate of drug-likeness (QED) is 0.826. The van der Waals surface area contributed by atoms with Crippen LogP contribution in [-0.4, -0.2) is 46.4 Å². The van der Waals surface area contributed by atoms with Gasteiger partial charge in [-0.15, -0.1) is 0 Å². The van der Waals surface area contributed by atoms with E-state index in [0.717, 1.165) is 10.7 Å². The van der Waals surface area contributed by atoms with Gasteiger partial charge < -0.3 is 10.1 Å². The molecule has 100 valence electrons. The van der Waals surface area contributed by atoms with Gasteiger partial charge in [-0.3, -0.25) is 4.79 Å². The van der Waals surface area contributed by atoms with E-state index < -0.39 is 22.0 Å². The van der Waals surface area contributed by atoms with Crippen molar-refractivity contribution in [3.8, 4) is 0 Å². The molecule has 1 atom stereocenters. The lowest BCUT2D eigenvalue weighted by Crippen LogP contribution is -2.47. The highest BCUT2D eigenvalue weighted by Gasteiger charge is 2.38. The number of imidazole rings is 1. The van der Waals surface area contributed by atoms with Crippen LogP contribution in [0.2, 0.25) is 0 Å². The maximum absolute atomic E-state index is 12.3. The molecule has 0 bridgehead atoms. The Morgan fingerprint density at radius 2 is 2.28 bits per heavy atom. The Morgan fingerprint density at radius 1 is 1.56 bits per heavy atom.